The average molecular weight is 423 g/mol. The van der Waals surface area contributed by atoms with E-state index in [0.29, 0.717) is 13.0 Å². The second kappa shape index (κ2) is 9.82. The number of pyridine rings is 1. The number of carbonyl (C=O) groups is 1. The number of aromatic nitrogens is 2. The highest BCUT2D eigenvalue weighted by Gasteiger charge is 2.22. The number of ether oxygens (including phenoxy) is 1. The molecule has 1 aliphatic heterocycles. The van der Waals surface area contributed by atoms with Gasteiger partial charge in [0.05, 0.1) is 12.1 Å². The number of hydrogen-bond acceptors (Lipinski definition) is 6. The van der Waals surface area contributed by atoms with Crippen LogP contribution in [0.3, 0.4) is 0 Å². The fraction of sp³-hybridized carbons (Fsp3) is 0.348. The van der Waals surface area contributed by atoms with Crippen molar-refractivity contribution in [3.8, 4) is 5.75 Å². The number of amides is 1. The maximum atomic E-state index is 12.7. The van der Waals surface area contributed by atoms with E-state index in [2.05, 4.69) is 21.8 Å². The van der Waals surface area contributed by atoms with Crippen LogP contribution in [0.4, 0.5) is 0 Å². The summed E-state index contributed by atoms with van der Waals surface area (Å²) in [6.45, 7) is 6.68. The molecule has 1 amide bonds. The number of carbonyl (C=O) groups excluding carboxylic acids is 1. The Balaban J connectivity index is 1.22. The Labute approximate surface area is 181 Å². The van der Waals surface area contributed by atoms with Crippen molar-refractivity contribution in [1.29, 1.82) is 0 Å². The summed E-state index contributed by atoms with van der Waals surface area (Å²) in [6.07, 6.45) is 4.00. The molecule has 156 valence electrons. The van der Waals surface area contributed by atoms with Crippen LogP contribution in [0.25, 0.3) is 0 Å². The quantitative estimate of drug-likeness (QED) is 0.585. The summed E-state index contributed by atoms with van der Waals surface area (Å²) in [4.78, 5) is 25.7. The zero-order chi connectivity index (χ0) is 20.8. The normalized spacial score (nSPS) is 14.6. The van der Waals surface area contributed by atoms with Crippen LogP contribution in [0.2, 0.25) is 0 Å². The molecule has 2 aromatic heterocycles. The van der Waals surface area contributed by atoms with Gasteiger partial charge in [0, 0.05) is 50.5 Å². The van der Waals surface area contributed by atoms with Crippen LogP contribution in [-0.2, 0) is 24.4 Å². The van der Waals surface area contributed by atoms with Gasteiger partial charge >= 0.3 is 0 Å². The monoisotopic (exact) mass is 422 g/mol. The number of piperazine rings is 1. The van der Waals surface area contributed by atoms with Gasteiger partial charge in [0.25, 0.3) is 0 Å². The lowest BCUT2D eigenvalue weighted by Gasteiger charge is -2.34. The number of thiazole rings is 1. The van der Waals surface area contributed by atoms with Crippen LogP contribution in [0.5, 0.6) is 5.75 Å². The van der Waals surface area contributed by atoms with Gasteiger partial charge in [0.1, 0.15) is 17.4 Å². The third-order valence-electron chi connectivity index (χ3n) is 5.20. The molecule has 0 spiro atoms. The van der Waals surface area contributed by atoms with Crippen molar-refractivity contribution >= 4 is 17.2 Å². The van der Waals surface area contributed by atoms with Gasteiger partial charge in [-0.05, 0) is 36.8 Å². The van der Waals surface area contributed by atoms with Crippen molar-refractivity contribution in [2.75, 3.05) is 26.2 Å². The fourth-order valence-corrected chi connectivity index (χ4v) is 4.15. The molecule has 0 saturated carbocycles. The molecule has 0 atom stereocenters. The van der Waals surface area contributed by atoms with Crippen LogP contribution in [0.15, 0.2) is 54.2 Å². The highest BCUT2D eigenvalue weighted by Crippen LogP contribution is 2.17. The highest BCUT2D eigenvalue weighted by atomic mass is 32.1. The summed E-state index contributed by atoms with van der Waals surface area (Å²) >= 11 is 1.54. The summed E-state index contributed by atoms with van der Waals surface area (Å²) in [5.41, 5.74) is 3.29. The number of benzene rings is 1. The Kier molecular flexibility index (Phi) is 6.71. The number of nitrogens with zero attached hydrogens (tertiary/aromatic N) is 4. The lowest BCUT2D eigenvalue weighted by Crippen LogP contribution is -2.48. The third kappa shape index (κ3) is 5.64. The first-order valence-corrected chi connectivity index (χ1v) is 11.1. The van der Waals surface area contributed by atoms with Crippen molar-refractivity contribution in [2.45, 2.75) is 26.5 Å². The van der Waals surface area contributed by atoms with Gasteiger partial charge in [-0.2, -0.15) is 0 Å². The molecule has 0 aliphatic carbocycles. The van der Waals surface area contributed by atoms with Crippen molar-refractivity contribution in [3.63, 3.8) is 0 Å². The zero-order valence-corrected chi connectivity index (χ0v) is 18.0. The molecule has 1 aliphatic rings. The second-order valence-corrected chi connectivity index (χ2v) is 8.47. The Bertz CT molecular complexity index is 951. The number of rotatable bonds is 7. The van der Waals surface area contributed by atoms with E-state index in [-0.39, 0.29) is 5.91 Å². The van der Waals surface area contributed by atoms with E-state index in [1.54, 1.807) is 11.3 Å². The second-order valence-electron chi connectivity index (χ2n) is 7.52. The molecule has 0 unspecified atom stereocenters. The standard InChI is InChI=1S/C23H26N4O2S/c1-18-2-4-21(5-3-18)29-16-22-25-20(17-30-22)14-23(28)27-12-10-26(11-13-27)15-19-6-8-24-9-7-19/h2-9,17H,10-16H2,1H3. The Hall–Kier alpha value is -2.77. The van der Waals surface area contributed by atoms with Crippen LogP contribution >= 0.6 is 11.3 Å². The molecule has 1 saturated heterocycles. The van der Waals surface area contributed by atoms with Crippen LogP contribution < -0.4 is 4.74 Å². The SMILES string of the molecule is Cc1ccc(OCc2nc(CC(=O)N3CCN(Cc4ccncc4)CC3)cs2)cc1. The largest absolute Gasteiger partial charge is 0.486 e. The van der Waals surface area contributed by atoms with Crippen molar-refractivity contribution in [3.05, 3.63) is 76.0 Å². The summed E-state index contributed by atoms with van der Waals surface area (Å²) in [6, 6.07) is 12.1. The fourth-order valence-electron chi connectivity index (χ4n) is 3.44. The predicted octanol–water partition coefficient (Wildman–Crippen LogP) is 3.31. The van der Waals surface area contributed by atoms with E-state index in [0.717, 1.165) is 49.2 Å². The molecular formula is C23H26N4O2S. The van der Waals surface area contributed by atoms with Crippen molar-refractivity contribution in [2.24, 2.45) is 0 Å². The minimum Gasteiger partial charge on any atom is -0.486 e. The maximum absolute atomic E-state index is 12.7. The molecule has 4 rings (SSSR count). The van der Waals surface area contributed by atoms with Gasteiger partial charge in [-0.1, -0.05) is 17.7 Å². The van der Waals surface area contributed by atoms with E-state index < -0.39 is 0 Å². The summed E-state index contributed by atoms with van der Waals surface area (Å²) in [5.74, 6) is 0.980. The van der Waals surface area contributed by atoms with Gasteiger partial charge in [-0.25, -0.2) is 4.98 Å². The maximum Gasteiger partial charge on any atom is 0.228 e. The van der Waals surface area contributed by atoms with Gasteiger partial charge in [0.2, 0.25) is 5.91 Å². The van der Waals surface area contributed by atoms with E-state index in [1.807, 2.05) is 59.1 Å². The lowest BCUT2D eigenvalue weighted by atomic mass is 10.2. The molecule has 6 nitrogen and oxygen atoms in total. The number of hydrogen-bond donors (Lipinski definition) is 0. The van der Waals surface area contributed by atoms with E-state index in [9.17, 15) is 4.79 Å². The third-order valence-corrected chi connectivity index (χ3v) is 6.07. The van der Waals surface area contributed by atoms with E-state index >= 15 is 0 Å². The Morgan fingerprint density at radius 1 is 1.07 bits per heavy atom. The highest BCUT2D eigenvalue weighted by molar-refractivity contribution is 7.09. The summed E-state index contributed by atoms with van der Waals surface area (Å²) in [7, 11) is 0. The minimum atomic E-state index is 0.148. The van der Waals surface area contributed by atoms with Crippen molar-refractivity contribution < 1.29 is 9.53 Å². The van der Waals surface area contributed by atoms with Crippen LogP contribution in [0.1, 0.15) is 21.8 Å². The molecule has 1 fully saturated rings. The average Bonchev–Trinajstić information content (AvgIpc) is 3.22. The molecule has 0 bridgehead atoms. The molecule has 30 heavy (non-hydrogen) atoms. The first-order valence-electron chi connectivity index (χ1n) is 10.2. The molecule has 1 aromatic carbocycles. The molecule has 3 heterocycles. The predicted molar refractivity (Wildman–Crippen MR) is 117 cm³/mol. The van der Waals surface area contributed by atoms with Crippen molar-refractivity contribution in [1.82, 2.24) is 19.8 Å². The smallest absolute Gasteiger partial charge is 0.228 e. The Morgan fingerprint density at radius 3 is 2.53 bits per heavy atom. The minimum absolute atomic E-state index is 0.148. The molecular weight excluding hydrogens is 396 g/mol. The summed E-state index contributed by atoms with van der Waals surface area (Å²) < 4.78 is 5.79. The topological polar surface area (TPSA) is 58.6 Å². The van der Waals surface area contributed by atoms with E-state index in [4.69, 9.17) is 4.74 Å². The molecule has 3 aromatic rings. The van der Waals surface area contributed by atoms with E-state index in [1.165, 1.54) is 11.1 Å². The van der Waals surface area contributed by atoms with Crippen LogP contribution in [-0.4, -0.2) is 51.9 Å². The van der Waals surface area contributed by atoms with Gasteiger partial charge < -0.3 is 9.64 Å². The first kappa shape index (κ1) is 20.5. The zero-order valence-electron chi connectivity index (χ0n) is 17.2. The van der Waals surface area contributed by atoms with Crippen LogP contribution in [0, 0.1) is 6.92 Å². The van der Waals surface area contributed by atoms with Gasteiger partial charge in [-0.3, -0.25) is 14.7 Å². The van der Waals surface area contributed by atoms with Gasteiger partial charge in [0.15, 0.2) is 0 Å². The number of aryl methyl sites for hydroxylation is 1. The molecule has 7 heteroatoms. The first-order chi connectivity index (χ1) is 14.7. The molecule has 0 radical (unpaired) electrons. The van der Waals surface area contributed by atoms with Gasteiger partial charge in [-0.15, -0.1) is 11.3 Å². The Morgan fingerprint density at radius 2 is 1.80 bits per heavy atom. The molecule has 0 N–H and O–H groups in total. The summed E-state index contributed by atoms with van der Waals surface area (Å²) in [5, 5.41) is 2.85. The lowest BCUT2D eigenvalue weighted by molar-refractivity contribution is -0.132.